The third-order valence-electron chi connectivity index (χ3n) is 4.09. The molecular weight excluding hydrogens is 310 g/mol. The molecule has 1 saturated heterocycles. The van der Waals surface area contributed by atoms with Crippen LogP contribution in [0.15, 0.2) is 35.3 Å². The van der Waals surface area contributed by atoms with E-state index in [1.165, 1.54) is 0 Å². The molecule has 24 heavy (non-hydrogen) atoms. The molecule has 0 radical (unpaired) electrons. The van der Waals surface area contributed by atoms with Gasteiger partial charge in [-0.05, 0) is 12.5 Å². The molecule has 2 unspecified atom stereocenters. The Morgan fingerprint density at radius 1 is 1.33 bits per heavy atom. The molecule has 1 aromatic carbocycles. The van der Waals surface area contributed by atoms with Crippen molar-refractivity contribution in [3.8, 4) is 0 Å². The molecule has 1 amide bonds. The van der Waals surface area contributed by atoms with E-state index in [-0.39, 0.29) is 12.5 Å². The predicted octanol–water partition coefficient (Wildman–Crippen LogP) is 0.725. The Kier molecular flexibility index (Phi) is 5.10. The molecule has 0 spiro atoms. The van der Waals surface area contributed by atoms with Gasteiger partial charge in [0.05, 0.1) is 19.8 Å². The minimum atomic E-state index is -0.975. The standard InChI is InChI=1S/C17H21N3O4/c1-2-24-16(22)13-14(12-6-4-3-5-7-12)18-17(19-15(13)21)20-8-10-23-11-9-20/h3-7,13-14H,2,8-11H2,1H3,(H,18,19,21). The normalized spacial score (nSPS) is 24.1. The van der Waals surface area contributed by atoms with Crippen LogP contribution in [0.5, 0.6) is 0 Å². The van der Waals surface area contributed by atoms with Crippen LogP contribution >= 0.6 is 0 Å². The number of carbonyl (C=O) groups is 2. The maximum absolute atomic E-state index is 12.6. The van der Waals surface area contributed by atoms with Gasteiger partial charge in [0.25, 0.3) is 0 Å². The first kappa shape index (κ1) is 16.4. The molecule has 3 rings (SSSR count). The third-order valence-corrected chi connectivity index (χ3v) is 4.09. The maximum Gasteiger partial charge on any atom is 0.321 e. The maximum atomic E-state index is 12.6. The predicted molar refractivity (Wildman–Crippen MR) is 87.3 cm³/mol. The number of nitrogens with zero attached hydrogens (tertiary/aromatic N) is 2. The summed E-state index contributed by atoms with van der Waals surface area (Å²) in [4.78, 5) is 31.5. The Labute approximate surface area is 140 Å². The van der Waals surface area contributed by atoms with Crippen molar-refractivity contribution in [2.45, 2.75) is 13.0 Å². The third kappa shape index (κ3) is 3.41. The fourth-order valence-electron chi connectivity index (χ4n) is 2.89. The zero-order chi connectivity index (χ0) is 16.9. The fourth-order valence-corrected chi connectivity index (χ4v) is 2.89. The second-order valence-electron chi connectivity index (χ2n) is 5.63. The fraction of sp³-hybridized carbons (Fsp3) is 0.471. The lowest BCUT2D eigenvalue weighted by atomic mass is 9.91. The smallest absolute Gasteiger partial charge is 0.321 e. The topological polar surface area (TPSA) is 80.2 Å². The molecule has 7 nitrogen and oxygen atoms in total. The molecule has 1 fully saturated rings. The minimum Gasteiger partial charge on any atom is -0.465 e. The van der Waals surface area contributed by atoms with Crippen molar-refractivity contribution in [3.05, 3.63) is 35.9 Å². The Hall–Kier alpha value is -2.41. The first-order valence-electron chi connectivity index (χ1n) is 8.13. The van der Waals surface area contributed by atoms with Gasteiger partial charge in [0.15, 0.2) is 5.92 Å². The van der Waals surface area contributed by atoms with E-state index in [1.807, 2.05) is 35.2 Å². The van der Waals surface area contributed by atoms with Gasteiger partial charge in [0.2, 0.25) is 11.9 Å². The van der Waals surface area contributed by atoms with Crippen molar-refractivity contribution in [3.63, 3.8) is 0 Å². The molecule has 128 valence electrons. The second-order valence-corrected chi connectivity index (χ2v) is 5.63. The van der Waals surface area contributed by atoms with E-state index in [0.29, 0.717) is 32.3 Å². The summed E-state index contributed by atoms with van der Waals surface area (Å²) in [6.07, 6.45) is 0. The number of carbonyl (C=O) groups excluding carboxylic acids is 2. The number of esters is 1. The average Bonchev–Trinajstić information content (AvgIpc) is 2.62. The number of hydrogen-bond donors (Lipinski definition) is 1. The van der Waals surface area contributed by atoms with Gasteiger partial charge in [0, 0.05) is 13.1 Å². The van der Waals surface area contributed by atoms with E-state index in [1.54, 1.807) is 6.92 Å². The number of amides is 1. The van der Waals surface area contributed by atoms with Crippen molar-refractivity contribution >= 4 is 17.8 Å². The van der Waals surface area contributed by atoms with Gasteiger partial charge in [-0.15, -0.1) is 0 Å². The van der Waals surface area contributed by atoms with Crippen LogP contribution in [-0.4, -0.2) is 55.6 Å². The van der Waals surface area contributed by atoms with E-state index in [9.17, 15) is 9.59 Å². The molecule has 1 aromatic rings. The van der Waals surface area contributed by atoms with E-state index in [0.717, 1.165) is 5.56 Å². The van der Waals surface area contributed by atoms with Crippen LogP contribution in [0.2, 0.25) is 0 Å². The lowest BCUT2D eigenvalue weighted by Gasteiger charge is -2.35. The highest BCUT2D eigenvalue weighted by atomic mass is 16.5. The molecule has 0 aromatic heterocycles. The molecule has 7 heteroatoms. The summed E-state index contributed by atoms with van der Waals surface area (Å²) in [5.41, 5.74) is 0.816. The zero-order valence-corrected chi connectivity index (χ0v) is 13.6. The average molecular weight is 331 g/mol. The summed E-state index contributed by atoms with van der Waals surface area (Å²) in [6, 6.07) is 8.78. The van der Waals surface area contributed by atoms with Crippen LogP contribution in [0.25, 0.3) is 0 Å². The second kappa shape index (κ2) is 7.44. The van der Waals surface area contributed by atoms with Gasteiger partial charge in [-0.2, -0.15) is 0 Å². The van der Waals surface area contributed by atoms with Crippen LogP contribution in [-0.2, 0) is 19.1 Å². The van der Waals surface area contributed by atoms with Crippen LogP contribution < -0.4 is 5.32 Å². The zero-order valence-electron chi connectivity index (χ0n) is 13.6. The largest absolute Gasteiger partial charge is 0.465 e. The Bertz CT molecular complexity index is 626. The van der Waals surface area contributed by atoms with Gasteiger partial charge in [-0.3, -0.25) is 14.9 Å². The van der Waals surface area contributed by atoms with Gasteiger partial charge >= 0.3 is 5.97 Å². The summed E-state index contributed by atoms with van der Waals surface area (Å²) >= 11 is 0. The van der Waals surface area contributed by atoms with Crippen LogP contribution in [0.4, 0.5) is 0 Å². The van der Waals surface area contributed by atoms with Crippen LogP contribution in [0.1, 0.15) is 18.5 Å². The summed E-state index contributed by atoms with van der Waals surface area (Å²) in [7, 11) is 0. The molecule has 0 saturated carbocycles. The summed E-state index contributed by atoms with van der Waals surface area (Å²) in [5.74, 6) is -1.40. The number of aliphatic imine (C=N–C) groups is 1. The number of rotatable bonds is 3. The van der Waals surface area contributed by atoms with E-state index in [4.69, 9.17) is 9.47 Å². The molecule has 2 aliphatic heterocycles. The van der Waals surface area contributed by atoms with Gasteiger partial charge < -0.3 is 14.4 Å². The summed E-state index contributed by atoms with van der Waals surface area (Å²) in [5, 5.41) is 2.76. The highest BCUT2D eigenvalue weighted by molar-refractivity contribution is 6.08. The van der Waals surface area contributed by atoms with E-state index < -0.39 is 17.9 Å². The quantitative estimate of drug-likeness (QED) is 0.652. The summed E-state index contributed by atoms with van der Waals surface area (Å²) < 4.78 is 10.4. The Morgan fingerprint density at radius 2 is 2.04 bits per heavy atom. The monoisotopic (exact) mass is 331 g/mol. The van der Waals surface area contributed by atoms with Gasteiger partial charge in [-0.1, -0.05) is 30.3 Å². The minimum absolute atomic E-state index is 0.226. The lowest BCUT2D eigenvalue weighted by molar-refractivity contribution is -0.153. The molecule has 2 aliphatic rings. The van der Waals surface area contributed by atoms with E-state index in [2.05, 4.69) is 10.3 Å². The molecular formula is C17H21N3O4. The number of guanidine groups is 1. The van der Waals surface area contributed by atoms with Crippen molar-refractivity contribution < 1.29 is 19.1 Å². The van der Waals surface area contributed by atoms with Crippen LogP contribution in [0, 0.1) is 5.92 Å². The number of morpholine rings is 1. The Balaban J connectivity index is 1.94. The molecule has 1 N–H and O–H groups in total. The first-order chi connectivity index (χ1) is 11.7. The lowest BCUT2D eigenvalue weighted by Crippen LogP contribution is -2.55. The molecule has 0 bridgehead atoms. The molecule has 2 heterocycles. The van der Waals surface area contributed by atoms with Crippen molar-refractivity contribution in [1.29, 1.82) is 0 Å². The number of hydrogen-bond acceptors (Lipinski definition) is 6. The number of nitrogens with one attached hydrogen (secondary N) is 1. The van der Waals surface area contributed by atoms with Crippen LogP contribution in [0.3, 0.4) is 0 Å². The number of benzene rings is 1. The highest BCUT2D eigenvalue weighted by Crippen LogP contribution is 2.30. The van der Waals surface area contributed by atoms with Gasteiger partial charge in [0.1, 0.15) is 6.04 Å². The van der Waals surface area contributed by atoms with Crippen molar-refractivity contribution in [2.75, 3.05) is 32.9 Å². The van der Waals surface area contributed by atoms with E-state index >= 15 is 0 Å². The first-order valence-corrected chi connectivity index (χ1v) is 8.13. The SMILES string of the molecule is CCOC(=O)C1C(=O)NC(N2CCOCC2)=NC1c1ccccc1. The van der Waals surface area contributed by atoms with Gasteiger partial charge in [-0.25, -0.2) is 4.99 Å². The van der Waals surface area contributed by atoms with Crippen molar-refractivity contribution in [1.82, 2.24) is 10.2 Å². The highest BCUT2D eigenvalue weighted by Gasteiger charge is 2.41. The Morgan fingerprint density at radius 3 is 2.71 bits per heavy atom. The molecule has 0 aliphatic carbocycles. The summed E-state index contributed by atoms with van der Waals surface area (Å²) in [6.45, 7) is 4.44. The molecule has 2 atom stereocenters. The number of ether oxygens (including phenoxy) is 2. The van der Waals surface area contributed by atoms with Crippen molar-refractivity contribution in [2.24, 2.45) is 10.9 Å².